The average Bonchev–Trinajstić information content (AvgIpc) is 3.38. The van der Waals surface area contributed by atoms with E-state index in [1.54, 1.807) is 10.8 Å². The number of aromatic nitrogens is 3. The molecular weight excluding hydrogens is 452 g/mol. The van der Waals surface area contributed by atoms with Crippen LogP contribution in [0.5, 0.6) is 0 Å². The molecule has 1 saturated heterocycles. The van der Waals surface area contributed by atoms with Crippen LogP contribution in [0.2, 0.25) is 0 Å². The van der Waals surface area contributed by atoms with Gasteiger partial charge in [0, 0.05) is 55.2 Å². The van der Waals surface area contributed by atoms with Gasteiger partial charge >= 0.3 is 0 Å². The molecule has 2 fully saturated rings. The quantitative estimate of drug-likeness (QED) is 0.470. The van der Waals surface area contributed by atoms with E-state index in [2.05, 4.69) is 39.6 Å². The van der Waals surface area contributed by atoms with E-state index >= 15 is 0 Å². The van der Waals surface area contributed by atoms with E-state index in [0.717, 1.165) is 43.7 Å². The van der Waals surface area contributed by atoms with Crippen LogP contribution in [0.1, 0.15) is 67.9 Å². The Hall–Kier alpha value is -3.26. The number of rotatable bonds is 7. The van der Waals surface area contributed by atoms with Crippen LogP contribution in [-0.4, -0.2) is 46.5 Å². The maximum Gasteiger partial charge on any atom is 0.263 e. The second kappa shape index (κ2) is 10.4. The Labute approximate surface area is 212 Å². The maximum atomic E-state index is 13.6. The van der Waals surface area contributed by atoms with Crippen LogP contribution >= 0.6 is 0 Å². The third-order valence-corrected chi connectivity index (χ3v) is 7.76. The zero-order chi connectivity index (χ0) is 25.2. The van der Waals surface area contributed by atoms with Gasteiger partial charge in [-0.2, -0.15) is 4.98 Å². The van der Waals surface area contributed by atoms with Crippen LogP contribution in [-0.2, 0) is 0 Å². The van der Waals surface area contributed by atoms with Crippen molar-refractivity contribution in [3.63, 3.8) is 0 Å². The second-order valence-electron chi connectivity index (χ2n) is 10.3. The first-order valence-electron chi connectivity index (χ1n) is 13.2. The summed E-state index contributed by atoms with van der Waals surface area (Å²) in [7, 11) is 0. The van der Waals surface area contributed by atoms with Gasteiger partial charge in [0.1, 0.15) is 5.65 Å². The van der Waals surface area contributed by atoms with Gasteiger partial charge in [-0.25, -0.2) is 4.98 Å². The zero-order valence-electron chi connectivity index (χ0n) is 21.5. The van der Waals surface area contributed by atoms with Gasteiger partial charge in [0.25, 0.3) is 5.56 Å². The molecule has 2 aromatic heterocycles. The molecule has 1 aromatic carbocycles. The molecule has 1 unspecified atom stereocenters. The lowest BCUT2D eigenvalue weighted by atomic mass is 9.98. The number of carbonyl (C=O) groups is 1. The summed E-state index contributed by atoms with van der Waals surface area (Å²) < 4.78 is 1.73. The first kappa shape index (κ1) is 24.4. The van der Waals surface area contributed by atoms with Gasteiger partial charge in [0.05, 0.1) is 5.56 Å². The Morgan fingerprint density at radius 3 is 2.53 bits per heavy atom. The van der Waals surface area contributed by atoms with Crippen molar-refractivity contribution in [3.8, 4) is 0 Å². The summed E-state index contributed by atoms with van der Waals surface area (Å²) >= 11 is 0. The van der Waals surface area contributed by atoms with Gasteiger partial charge < -0.3 is 15.5 Å². The Morgan fingerprint density at radius 2 is 1.86 bits per heavy atom. The lowest BCUT2D eigenvalue weighted by molar-refractivity contribution is 0.101. The number of Topliss-reactive ketones (excluding diaryl/α,β-unsaturated/α-hetero) is 1. The van der Waals surface area contributed by atoms with Gasteiger partial charge in [-0.05, 0) is 62.9 Å². The number of ketones is 1. The smallest absolute Gasteiger partial charge is 0.263 e. The van der Waals surface area contributed by atoms with E-state index in [0.29, 0.717) is 23.1 Å². The molecule has 8 nitrogen and oxygen atoms in total. The van der Waals surface area contributed by atoms with Crippen LogP contribution in [0.3, 0.4) is 0 Å². The molecule has 3 heterocycles. The molecule has 1 atom stereocenters. The lowest BCUT2D eigenvalue weighted by Crippen LogP contribution is -2.43. The number of nitrogens with one attached hydrogen (secondary N) is 2. The van der Waals surface area contributed by atoms with Gasteiger partial charge in [-0.15, -0.1) is 0 Å². The van der Waals surface area contributed by atoms with Crippen LogP contribution in [0.15, 0.2) is 35.3 Å². The zero-order valence-corrected chi connectivity index (χ0v) is 21.5. The third kappa shape index (κ3) is 4.87. The van der Waals surface area contributed by atoms with Crippen LogP contribution in [0, 0.1) is 12.8 Å². The highest BCUT2D eigenvalue weighted by atomic mass is 16.1. The fourth-order valence-electron chi connectivity index (χ4n) is 5.86. The van der Waals surface area contributed by atoms with E-state index < -0.39 is 0 Å². The maximum absolute atomic E-state index is 13.6. The van der Waals surface area contributed by atoms with Crippen molar-refractivity contribution in [3.05, 3.63) is 51.9 Å². The minimum absolute atomic E-state index is 0.0529. The van der Waals surface area contributed by atoms with Crippen molar-refractivity contribution in [1.82, 2.24) is 19.9 Å². The number of carbonyl (C=O) groups excluding carboxylic acids is 1. The van der Waals surface area contributed by atoms with Gasteiger partial charge in [0.15, 0.2) is 5.78 Å². The van der Waals surface area contributed by atoms with Crippen molar-refractivity contribution in [2.24, 2.45) is 5.92 Å². The van der Waals surface area contributed by atoms with Crippen molar-refractivity contribution < 1.29 is 4.79 Å². The highest BCUT2D eigenvalue weighted by molar-refractivity contribution is 5.99. The van der Waals surface area contributed by atoms with Crippen LogP contribution in [0.4, 0.5) is 17.3 Å². The molecule has 0 radical (unpaired) electrons. The molecule has 0 bridgehead atoms. The van der Waals surface area contributed by atoms with Crippen molar-refractivity contribution in [2.75, 3.05) is 36.4 Å². The van der Waals surface area contributed by atoms with Gasteiger partial charge in [-0.3, -0.25) is 14.2 Å². The molecule has 1 aliphatic heterocycles. The monoisotopic (exact) mass is 488 g/mol. The van der Waals surface area contributed by atoms with Crippen LogP contribution < -0.4 is 21.1 Å². The Kier molecular flexibility index (Phi) is 7.05. The average molecular weight is 489 g/mol. The Balaban J connectivity index is 1.49. The number of pyridine rings is 1. The summed E-state index contributed by atoms with van der Waals surface area (Å²) in [5, 5.41) is 7.43. The highest BCUT2D eigenvalue weighted by Gasteiger charge is 2.25. The molecular formula is C28H36N6O2. The molecule has 36 heavy (non-hydrogen) atoms. The predicted molar refractivity (Wildman–Crippen MR) is 145 cm³/mol. The Bertz CT molecular complexity index is 1300. The van der Waals surface area contributed by atoms with E-state index in [4.69, 9.17) is 4.98 Å². The summed E-state index contributed by atoms with van der Waals surface area (Å²) in [5.41, 5.74) is 3.32. The van der Waals surface area contributed by atoms with E-state index in [9.17, 15) is 9.59 Å². The SMILES string of the molecule is CC(=O)c1c(C)c2cnc(Nc3ccc(N4CCNCC4)cc3)nc2n(C(C)CC2CCCC2)c1=O. The summed E-state index contributed by atoms with van der Waals surface area (Å²) in [6, 6.07) is 8.23. The molecule has 0 amide bonds. The van der Waals surface area contributed by atoms with Crippen LogP contribution in [0.25, 0.3) is 11.0 Å². The molecule has 1 saturated carbocycles. The van der Waals surface area contributed by atoms with Crippen molar-refractivity contribution >= 4 is 34.1 Å². The molecule has 1 aliphatic carbocycles. The molecule has 0 spiro atoms. The van der Waals surface area contributed by atoms with Crippen molar-refractivity contribution in [1.29, 1.82) is 0 Å². The standard InChI is InChI=1S/C28H36N6O2/c1-18(16-21-6-4-5-7-21)34-26-24(19(2)25(20(3)35)27(34)36)17-30-28(32-26)31-22-8-10-23(11-9-22)33-14-12-29-13-15-33/h8-11,17-18,21,29H,4-7,12-16H2,1-3H3,(H,30,31,32). The lowest BCUT2D eigenvalue weighted by Gasteiger charge is -2.29. The number of nitrogens with zero attached hydrogens (tertiary/aromatic N) is 4. The largest absolute Gasteiger partial charge is 0.369 e. The fraction of sp³-hybridized carbons (Fsp3) is 0.500. The molecule has 190 valence electrons. The van der Waals surface area contributed by atoms with Gasteiger partial charge in [0.2, 0.25) is 5.95 Å². The fourth-order valence-corrected chi connectivity index (χ4v) is 5.86. The second-order valence-corrected chi connectivity index (χ2v) is 10.3. The number of aryl methyl sites for hydroxylation is 1. The summed E-state index contributed by atoms with van der Waals surface area (Å²) in [4.78, 5) is 37.7. The number of hydrogen-bond donors (Lipinski definition) is 2. The van der Waals surface area contributed by atoms with E-state index in [-0.39, 0.29) is 22.9 Å². The number of fused-ring (bicyclic) bond motifs is 1. The van der Waals surface area contributed by atoms with Gasteiger partial charge in [-0.1, -0.05) is 25.7 Å². The molecule has 5 rings (SSSR count). The first-order valence-corrected chi connectivity index (χ1v) is 13.2. The van der Waals surface area contributed by atoms with Crippen molar-refractivity contribution in [2.45, 2.75) is 58.9 Å². The topological polar surface area (TPSA) is 92.2 Å². The normalized spacial score (nSPS) is 17.5. The summed E-state index contributed by atoms with van der Waals surface area (Å²) in [5.74, 6) is 0.833. The molecule has 2 N–H and O–H groups in total. The third-order valence-electron chi connectivity index (χ3n) is 7.76. The summed E-state index contributed by atoms with van der Waals surface area (Å²) in [6.45, 7) is 9.34. The van der Waals surface area contributed by atoms with E-state index in [1.165, 1.54) is 38.3 Å². The number of anilines is 3. The number of hydrogen-bond acceptors (Lipinski definition) is 7. The molecule has 3 aromatic rings. The molecule has 2 aliphatic rings. The highest BCUT2D eigenvalue weighted by Crippen LogP contribution is 2.33. The summed E-state index contributed by atoms with van der Waals surface area (Å²) in [6.07, 6.45) is 7.56. The number of benzene rings is 1. The minimum atomic E-state index is -0.247. The number of piperazine rings is 1. The molecule has 8 heteroatoms. The first-order chi connectivity index (χ1) is 17.4. The predicted octanol–water partition coefficient (Wildman–Crippen LogP) is 4.60. The Morgan fingerprint density at radius 1 is 1.17 bits per heavy atom. The van der Waals surface area contributed by atoms with E-state index in [1.807, 2.05) is 19.1 Å². The minimum Gasteiger partial charge on any atom is -0.369 e.